The zero-order valence-corrected chi connectivity index (χ0v) is 5.52. The second kappa shape index (κ2) is 1.56. The molecule has 0 N–H and O–H groups in total. The van der Waals surface area contributed by atoms with Gasteiger partial charge >= 0.3 is 0 Å². The van der Waals surface area contributed by atoms with Gasteiger partial charge in [-0.3, -0.25) is 0 Å². The van der Waals surface area contributed by atoms with Gasteiger partial charge in [0.05, 0.1) is 0 Å². The number of nitrogens with zero attached hydrogens (tertiary/aromatic N) is 1. The third kappa shape index (κ3) is 3.89. The lowest BCUT2D eigenvalue weighted by Crippen LogP contribution is -2.14. The van der Waals surface area contributed by atoms with Gasteiger partial charge < -0.3 is 11.4 Å². The first kappa shape index (κ1) is 5.89. The van der Waals surface area contributed by atoms with Gasteiger partial charge in [-0.15, -0.1) is 0 Å². The monoisotopic (exact) mass is 100 g/mol. The minimum absolute atomic E-state index is 1.23. The third-order valence-electron chi connectivity index (χ3n) is 0.387. The number of hydrogen-bond acceptors (Lipinski definition) is 1. The van der Waals surface area contributed by atoms with E-state index in [1.165, 1.54) is 0 Å². The van der Waals surface area contributed by atoms with E-state index in [0.717, 1.165) is 0 Å². The van der Waals surface area contributed by atoms with Crippen molar-refractivity contribution in [2.75, 3.05) is 0 Å². The summed E-state index contributed by atoms with van der Waals surface area (Å²) in [5.41, 5.74) is 0. The Balaban J connectivity index is 3.45. The molecule has 0 unspecified atom stereocenters. The Morgan fingerprint density at radius 2 is 1.50 bits per heavy atom. The summed E-state index contributed by atoms with van der Waals surface area (Å²) in [4.78, 5) is 0. The fourth-order valence-corrected chi connectivity index (χ4v) is 0. The van der Waals surface area contributed by atoms with Crippen LogP contribution < -0.4 is 0 Å². The van der Waals surface area contributed by atoms with Gasteiger partial charge in [0.1, 0.15) is 8.24 Å². The first-order valence-electron chi connectivity index (χ1n) is 1.98. The highest BCUT2D eigenvalue weighted by Crippen LogP contribution is 1.97. The van der Waals surface area contributed by atoms with Gasteiger partial charge in [0.25, 0.3) is 0 Å². The van der Waals surface area contributed by atoms with Gasteiger partial charge in [-0.1, -0.05) is 19.6 Å². The number of rotatable bonds is 1. The standard InChI is InChI=1S/C4H10NSi/c1-5-6(2,3)4/h1H,2-4H3/q-1. The molecular weight excluding hydrogens is 90.1 g/mol. The van der Waals surface area contributed by atoms with E-state index in [2.05, 4.69) is 24.3 Å². The van der Waals surface area contributed by atoms with Crippen molar-refractivity contribution in [1.29, 1.82) is 0 Å². The topological polar surface area (TPSA) is 12.4 Å². The van der Waals surface area contributed by atoms with Gasteiger partial charge in [-0.25, -0.2) is 0 Å². The van der Waals surface area contributed by atoms with Crippen LogP contribution in [0.5, 0.6) is 0 Å². The third-order valence-corrected chi connectivity index (χ3v) is 1.16. The van der Waals surface area contributed by atoms with Crippen molar-refractivity contribution in [3.63, 3.8) is 0 Å². The molecule has 36 valence electrons. The van der Waals surface area contributed by atoms with Crippen molar-refractivity contribution >= 4 is 15.0 Å². The van der Waals surface area contributed by atoms with Crippen LogP contribution in [0.1, 0.15) is 0 Å². The van der Waals surface area contributed by atoms with Crippen molar-refractivity contribution in [2.45, 2.75) is 19.6 Å². The molecular formula is C4H10NSi-. The highest BCUT2D eigenvalue weighted by atomic mass is 28.3. The normalized spacial score (nSPS) is 11.2. The molecule has 0 radical (unpaired) electrons. The molecule has 0 heterocycles. The van der Waals surface area contributed by atoms with E-state index in [0.29, 0.717) is 0 Å². The molecule has 0 saturated heterocycles. The smallest absolute Gasteiger partial charge is 0.128 e. The molecule has 0 saturated carbocycles. The van der Waals surface area contributed by atoms with Crippen LogP contribution in [0.4, 0.5) is 0 Å². The Morgan fingerprint density at radius 3 is 1.50 bits per heavy atom. The van der Waals surface area contributed by atoms with E-state index >= 15 is 0 Å². The molecule has 1 nitrogen and oxygen atoms in total. The predicted octanol–water partition coefficient (Wildman–Crippen LogP) is 1.40. The Hall–Kier alpha value is -0.113. The van der Waals surface area contributed by atoms with Crippen LogP contribution in [0.3, 0.4) is 0 Å². The molecule has 0 aliphatic heterocycles. The minimum Gasteiger partial charge on any atom is -0.541 e. The second-order valence-electron chi connectivity index (χ2n) is 2.30. The van der Waals surface area contributed by atoms with Gasteiger partial charge in [-0.2, -0.15) is 0 Å². The van der Waals surface area contributed by atoms with E-state index in [1.807, 2.05) is 0 Å². The highest BCUT2D eigenvalue weighted by Gasteiger charge is 2.01. The quantitative estimate of drug-likeness (QED) is 0.268. The molecule has 0 atom stereocenters. The summed E-state index contributed by atoms with van der Waals surface area (Å²) in [6.07, 6.45) is 0. The highest BCUT2D eigenvalue weighted by molar-refractivity contribution is 6.74. The first-order valence-corrected chi connectivity index (χ1v) is 5.43. The average Bonchev–Trinajstić information content (AvgIpc) is 1.35. The van der Waals surface area contributed by atoms with Gasteiger partial charge in [0.2, 0.25) is 0 Å². The van der Waals surface area contributed by atoms with Crippen LogP contribution in [0.15, 0.2) is 4.66 Å². The lowest BCUT2D eigenvalue weighted by atomic mass is 11.8. The maximum Gasteiger partial charge on any atom is 0.128 e. The van der Waals surface area contributed by atoms with Crippen LogP contribution in [-0.4, -0.2) is 15.0 Å². The predicted molar refractivity (Wildman–Crippen MR) is 31.8 cm³/mol. The zero-order valence-electron chi connectivity index (χ0n) is 4.52. The summed E-state index contributed by atoms with van der Waals surface area (Å²) < 4.78 is 3.66. The van der Waals surface area contributed by atoms with Gasteiger partial charge in [-0.05, 0) is 0 Å². The van der Waals surface area contributed by atoms with Gasteiger partial charge in [0, 0.05) is 0 Å². The lowest BCUT2D eigenvalue weighted by molar-refractivity contribution is 1.59. The SMILES string of the molecule is [CH-]=N[Si](C)(C)C. The summed E-state index contributed by atoms with van der Waals surface area (Å²) in [5, 5.41) is 0. The Kier molecular flexibility index (Phi) is 1.53. The molecule has 0 fully saturated rings. The Labute approximate surface area is 40.2 Å². The Morgan fingerprint density at radius 1 is 1.33 bits per heavy atom. The summed E-state index contributed by atoms with van der Waals surface area (Å²) >= 11 is 0. The van der Waals surface area contributed by atoms with Crippen molar-refractivity contribution in [2.24, 2.45) is 4.66 Å². The maximum atomic E-state index is 4.99. The molecule has 0 aliphatic carbocycles. The molecule has 0 rings (SSSR count). The van der Waals surface area contributed by atoms with E-state index < -0.39 is 8.24 Å². The van der Waals surface area contributed by atoms with Crippen LogP contribution in [0.2, 0.25) is 19.6 Å². The molecule has 0 amide bonds. The summed E-state index contributed by atoms with van der Waals surface area (Å²) in [7, 11) is -1.23. The second-order valence-corrected chi connectivity index (χ2v) is 6.90. The molecule has 0 aromatic rings. The molecule has 0 aromatic heterocycles. The average molecular weight is 100 g/mol. The minimum atomic E-state index is -1.23. The first-order chi connectivity index (χ1) is 2.56. The summed E-state index contributed by atoms with van der Waals surface area (Å²) in [5.74, 6) is 0. The molecule has 2 heteroatoms. The maximum absolute atomic E-state index is 4.99. The summed E-state index contributed by atoms with van der Waals surface area (Å²) in [6, 6.07) is 0. The summed E-state index contributed by atoms with van der Waals surface area (Å²) in [6.45, 7) is 11.3. The van der Waals surface area contributed by atoms with Crippen molar-refractivity contribution in [1.82, 2.24) is 0 Å². The van der Waals surface area contributed by atoms with Crippen molar-refractivity contribution in [3.05, 3.63) is 0 Å². The molecule has 0 spiro atoms. The molecule has 0 aliphatic rings. The number of hydrogen-bond donors (Lipinski definition) is 0. The van der Waals surface area contributed by atoms with E-state index in [4.69, 9.17) is 6.72 Å². The van der Waals surface area contributed by atoms with E-state index in [9.17, 15) is 0 Å². The zero-order chi connectivity index (χ0) is 5.21. The van der Waals surface area contributed by atoms with E-state index in [-0.39, 0.29) is 0 Å². The van der Waals surface area contributed by atoms with Crippen LogP contribution in [-0.2, 0) is 0 Å². The van der Waals surface area contributed by atoms with E-state index in [1.54, 1.807) is 0 Å². The fraction of sp³-hybridized carbons (Fsp3) is 0.750. The van der Waals surface area contributed by atoms with Crippen molar-refractivity contribution in [3.8, 4) is 0 Å². The van der Waals surface area contributed by atoms with Crippen LogP contribution in [0, 0.1) is 0 Å². The molecule has 6 heavy (non-hydrogen) atoms. The van der Waals surface area contributed by atoms with Crippen LogP contribution >= 0.6 is 0 Å². The van der Waals surface area contributed by atoms with Gasteiger partial charge in [0.15, 0.2) is 0 Å². The molecule has 0 bridgehead atoms. The lowest BCUT2D eigenvalue weighted by Gasteiger charge is -2.11. The van der Waals surface area contributed by atoms with Crippen LogP contribution in [0.25, 0.3) is 0 Å². The largest absolute Gasteiger partial charge is 0.541 e. The van der Waals surface area contributed by atoms with Crippen molar-refractivity contribution < 1.29 is 0 Å². The fourth-order valence-electron chi connectivity index (χ4n) is 0. The molecule has 0 aromatic carbocycles. The Bertz CT molecular complexity index is 53.1.